The molecule has 0 amide bonds. The smallest absolute Gasteiger partial charge is 0.130 e. The van der Waals surface area contributed by atoms with Crippen LogP contribution in [0.15, 0.2) is 6.07 Å². The monoisotopic (exact) mass is 239 g/mol. The Morgan fingerprint density at radius 3 is 2.62 bits per heavy atom. The Labute approximate surface area is 98.3 Å². The van der Waals surface area contributed by atoms with Crippen molar-refractivity contribution in [2.24, 2.45) is 0 Å². The van der Waals surface area contributed by atoms with E-state index in [0.29, 0.717) is 6.04 Å². The van der Waals surface area contributed by atoms with Crippen LogP contribution in [0.5, 0.6) is 0 Å². The zero-order valence-corrected chi connectivity index (χ0v) is 10.5. The number of rotatable bonds is 2. The fraction of sp³-hybridized carbons (Fsp3) is 0.636. The first-order valence-electron chi connectivity index (χ1n) is 5.57. The Balaban J connectivity index is 2.00. The Hall–Kier alpha value is -0.970. The maximum atomic E-state index is 11.2. The highest BCUT2D eigenvalue weighted by molar-refractivity contribution is 7.85. The van der Waals surface area contributed by atoms with E-state index in [1.165, 1.54) is 0 Å². The van der Waals surface area contributed by atoms with Crippen LogP contribution in [-0.4, -0.2) is 31.7 Å². The molecule has 0 saturated carbocycles. The topological polar surface area (TPSA) is 54.9 Å². The summed E-state index contributed by atoms with van der Waals surface area (Å²) in [4.78, 5) is 8.59. The molecule has 1 aromatic rings. The zero-order valence-electron chi connectivity index (χ0n) is 9.69. The summed E-state index contributed by atoms with van der Waals surface area (Å²) >= 11 is 0. The SMILES string of the molecule is Cc1cc(NC2CCS(=O)CC2)nc(C)n1. The molecule has 4 nitrogen and oxygen atoms in total. The Bertz CT molecular complexity index is 378. The van der Waals surface area contributed by atoms with Gasteiger partial charge in [-0.2, -0.15) is 0 Å². The number of nitrogens with zero attached hydrogens (tertiary/aromatic N) is 2. The average molecular weight is 239 g/mol. The summed E-state index contributed by atoms with van der Waals surface area (Å²) in [6.45, 7) is 3.86. The fourth-order valence-corrected chi connectivity index (χ4v) is 3.24. The van der Waals surface area contributed by atoms with Crippen LogP contribution < -0.4 is 5.32 Å². The Morgan fingerprint density at radius 1 is 1.31 bits per heavy atom. The first kappa shape index (κ1) is 11.5. The van der Waals surface area contributed by atoms with Gasteiger partial charge in [0, 0.05) is 40.1 Å². The van der Waals surface area contributed by atoms with Crippen LogP contribution in [0.2, 0.25) is 0 Å². The third-order valence-corrected chi connectivity index (χ3v) is 4.09. The van der Waals surface area contributed by atoms with Gasteiger partial charge in [0.2, 0.25) is 0 Å². The van der Waals surface area contributed by atoms with E-state index in [4.69, 9.17) is 0 Å². The summed E-state index contributed by atoms with van der Waals surface area (Å²) in [7, 11) is -0.600. The molecule has 0 unspecified atom stereocenters. The second kappa shape index (κ2) is 4.91. The molecule has 1 aromatic heterocycles. The van der Waals surface area contributed by atoms with Crippen LogP contribution in [0.3, 0.4) is 0 Å². The average Bonchev–Trinajstić information content (AvgIpc) is 2.20. The fourth-order valence-electron chi connectivity index (χ4n) is 1.94. The molecule has 0 aliphatic carbocycles. The van der Waals surface area contributed by atoms with Crippen molar-refractivity contribution < 1.29 is 4.21 Å². The van der Waals surface area contributed by atoms with Crippen LogP contribution in [0.1, 0.15) is 24.4 Å². The van der Waals surface area contributed by atoms with E-state index in [2.05, 4.69) is 15.3 Å². The van der Waals surface area contributed by atoms with E-state index >= 15 is 0 Å². The molecule has 0 atom stereocenters. The summed E-state index contributed by atoms with van der Waals surface area (Å²) in [5, 5.41) is 3.40. The molecular weight excluding hydrogens is 222 g/mol. The molecule has 0 radical (unpaired) electrons. The first-order chi connectivity index (χ1) is 7.63. The molecule has 0 spiro atoms. The molecule has 88 valence electrons. The highest BCUT2D eigenvalue weighted by Gasteiger charge is 2.17. The number of aromatic nitrogens is 2. The summed E-state index contributed by atoms with van der Waals surface area (Å²) in [5.41, 5.74) is 0.981. The Morgan fingerprint density at radius 2 is 2.00 bits per heavy atom. The number of hydrogen-bond acceptors (Lipinski definition) is 4. The summed E-state index contributed by atoms with van der Waals surface area (Å²) in [5.74, 6) is 3.30. The molecule has 2 heterocycles. The maximum Gasteiger partial charge on any atom is 0.130 e. The number of nitrogens with one attached hydrogen (secondary N) is 1. The lowest BCUT2D eigenvalue weighted by molar-refractivity contribution is 0.622. The number of anilines is 1. The van der Waals surface area contributed by atoms with Crippen molar-refractivity contribution in [2.45, 2.75) is 32.7 Å². The maximum absolute atomic E-state index is 11.2. The van der Waals surface area contributed by atoms with Crippen molar-refractivity contribution in [3.8, 4) is 0 Å². The van der Waals surface area contributed by atoms with Crippen molar-refractivity contribution >= 4 is 16.6 Å². The van der Waals surface area contributed by atoms with Gasteiger partial charge < -0.3 is 5.32 Å². The summed E-state index contributed by atoms with van der Waals surface area (Å²) in [6, 6.07) is 2.37. The molecule has 0 bridgehead atoms. The lowest BCUT2D eigenvalue weighted by Gasteiger charge is -2.23. The third kappa shape index (κ3) is 3.01. The van der Waals surface area contributed by atoms with Crippen LogP contribution in [-0.2, 0) is 10.8 Å². The van der Waals surface area contributed by atoms with Gasteiger partial charge in [0.1, 0.15) is 11.6 Å². The Kier molecular flexibility index (Phi) is 3.53. The molecule has 1 fully saturated rings. The normalized spacial score (nSPS) is 25.4. The van der Waals surface area contributed by atoms with E-state index in [1.54, 1.807) is 0 Å². The van der Waals surface area contributed by atoms with Crippen molar-refractivity contribution in [1.29, 1.82) is 0 Å². The van der Waals surface area contributed by atoms with E-state index in [0.717, 1.165) is 41.7 Å². The van der Waals surface area contributed by atoms with Gasteiger partial charge in [0.25, 0.3) is 0 Å². The van der Waals surface area contributed by atoms with Crippen molar-refractivity contribution in [1.82, 2.24) is 9.97 Å². The largest absolute Gasteiger partial charge is 0.367 e. The molecule has 5 heteroatoms. The molecular formula is C11H17N3OS. The second-order valence-electron chi connectivity index (χ2n) is 4.21. The van der Waals surface area contributed by atoms with Gasteiger partial charge in [-0.05, 0) is 26.7 Å². The second-order valence-corrected chi connectivity index (χ2v) is 5.90. The van der Waals surface area contributed by atoms with Gasteiger partial charge in [-0.3, -0.25) is 4.21 Å². The van der Waals surface area contributed by atoms with Crippen molar-refractivity contribution in [2.75, 3.05) is 16.8 Å². The van der Waals surface area contributed by atoms with Gasteiger partial charge in [0.05, 0.1) is 0 Å². The van der Waals surface area contributed by atoms with Gasteiger partial charge in [-0.15, -0.1) is 0 Å². The predicted molar refractivity (Wildman–Crippen MR) is 66.0 cm³/mol. The molecule has 1 N–H and O–H groups in total. The number of hydrogen-bond donors (Lipinski definition) is 1. The lowest BCUT2D eigenvalue weighted by atomic mass is 10.1. The quantitative estimate of drug-likeness (QED) is 0.848. The van der Waals surface area contributed by atoms with E-state index in [1.807, 2.05) is 19.9 Å². The van der Waals surface area contributed by atoms with E-state index in [9.17, 15) is 4.21 Å². The number of aryl methyl sites for hydroxylation is 2. The highest BCUT2D eigenvalue weighted by Crippen LogP contribution is 2.15. The zero-order chi connectivity index (χ0) is 11.5. The van der Waals surface area contributed by atoms with Crippen molar-refractivity contribution in [3.63, 3.8) is 0 Å². The van der Waals surface area contributed by atoms with Gasteiger partial charge >= 0.3 is 0 Å². The van der Waals surface area contributed by atoms with Crippen LogP contribution in [0.25, 0.3) is 0 Å². The van der Waals surface area contributed by atoms with Crippen molar-refractivity contribution in [3.05, 3.63) is 17.6 Å². The van der Waals surface area contributed by atoms with E-state index < -0.39 is 10.8 Å². The van der Waals surface area contributed by atoms with E-state index in [-0.39, 0.29) is 0 Å². The first-order valence-corrected chi connectivity index (χ1v) is 7.06. The lowest BCUT2D eigenvalue weighted by Crippen LogP contribution is -2.29. The van der Waals surface area contributed by atoms with Gasteiger partial charge in [-0.1, -0.05) is 0 Å². The van der Waals surface area contributed by atoms with Gasteiger partial charge in [-0.25, -0.2) is 9.97 Å². The predicted octanol–water partition coefficient (Wildman–Crippen LogP) is 1.42. The summed E-state index contributed by atoms with van der Waals surface area (Å²) < 4.78 is 11.2. The molecule has 1 aliphatic heterocycles. The highest BCUT2D eigenvalue weighted by atomic mass is 32.2. The molecule has 1 saturated heterocycles. The minimum absolute atomic E-state index is 0.409. The molecule has 16 heavy (non-hydrogen) atoms. The van der Waals surface area contributed by atoms with Crippen LogP contribution >= 0.6 is 0 Å². The summed E-state index contributed by atoms with van der Waals surface area (Å²) in [6.07, 6.45) is 1.93. The molecule has 2 rings (SSSR count). The van der Waals surface area contributed by atoms with Crippen LogP contribution in [0.4, 0.5) is 5.82 Å². The van der Waals surface area contributed by atoms with Crippen LogP contribution in [0, 0.1) is 13.8 Å². The standard InChI is InChI=1S/C11H17N3OS/c1-8-7-11(13-9(2)12-8)14-10-3-5-16(15)6-4-10/h7,10H,3-6H2,1-2H3,(H,12,13,14). The third-order valence-electron chi connectivity index (χ3n) is 2.71. The minimum Gasteiger partial charge on any atom is -0.367 e. The minimum atomic E-state index is -0.600. The van der Waals surface area contributed by atoms with Gasteiger partial charge in [0.15, 0.2) is 0 Å². The molecule has 1 aliphatic rings. The molecule has 0 aromatic carbocycles.